The van der Waals surface area contributed by atoms with Gasteiger partial charge in [0, 0.05) is 44.6 Å². The summed E-state index contributed by atoms with van der Waals surface area (Å²) in [6.07, 6.45) is 18.1. The minimum Gasteiger partial charge on any atom is -0.393 e. The summed E-state index contributed by atoms with van der Waals surface area (Å²) in [4.78, 5) is 10.7. The molecule has 4 aliphatic rings. The standard InChI is InChI=1S/C22H25NO2.C22H27NO2.C22H25NO/c24-21-14-15-23-22(17-21,25-23)20(16-19-10-5-2-6-11-19)13-7-12-18-8-3-1-4-9-18;24-21-14-15-23-22(25,17-21)20(16-19-10-5-2-6-11-19)13-7-12-18-8-3-1-4-9-18;24-21-14-15-23-22(17-21)20(16-19-10-5-2-6-11-19)13-7-12-18-8-3-1-4-9-18/h1-6,8-11,13,21,24H,7,12,14-17H2;1-6,8-11,13,21,23-25H,7,12,14-17H2;1-6,8-11,13,21,24H,7,12,14-17H2. The van der Waals surface area contributed by atoms with E-state index in [9.17, 15) is 20.4 Å². The number of aryl methyl sites for hydroxylation is 3. The number of rotatable bonds is 18. The van der Waals surface area contributed by atoms with Gasteiger partial charge >= 0.3 is 0 Å². The summed E-state index contributed by atoms with van der Waals surface area (Å²) in [6, 6.07) is 62.8. The van der Waals surface area contributed by atoms with Crippen LogP contribution in [-0.4, -0.2) is 80.6 Å². The molecule has 8 nitrogen and oxygen atoms in total. The molecule has 4 aliphatic heterocycles. The first-order valence-electron chi connectivity index (χ1n) is 27.1. The van der Waals surface area contributed by atoms with Crippen LogP contribution in [0.5, 0.6) is 0 Å². The minimum absolute atomic E-state index is 0.245. The zero-order chi connectivity index (χ0) is 51.3. The summed E-state index contributed by atoms with van der Waals surface area (Å²) < 4.78 is 0. The molecule has 5 N–H and O–H groups in total. The average Bonchev–Trinajstić information content (AvgIpc) is 4.18. The van der Waals surface area contributed by atoms with Gasteiger partial charge in [-0.2, -0.15) is 0 Å². The lowest BCUT2D eigenvalue weighted by Gasteiger charge is -2.38. The van der Waals surface area contributed by atoms with Crippen LogP contribution in [-0.2, 0) is 43.4 Å². The van der Waals surface area contributed by atoms with Crippen LogP contribution in [0.3, 0.4) is 0 Å². The zero-order valence-corrected chi connectivity index (χ0v) is 43.1. The number of aliphatic hydroxyl groups excluding tert-OH is 3. The molecule has 0 spiro atoms. The molecular weight excluding hydrogens is 915 g/mol. The lowest BCUT2D eigenvalue weighted by Crippen LogP contribution is -2.54. The first kappa shape index (κ1) is 54.2. The largest absolute Gasteiger partial charge is 0.393 e. The molecule has 0 radical (unpaired) electrons. The molecule has 4 heterocycles. The van der Waals surface area contributed by atoms with E-state index in [1.807, 2.05) is 36.4 Å². The number of allylic oxidation sites excluding steroid dienone is 4. The van der Waals surface area contributed by atoms with E-state index in [0.29, 0.717) is 38.6 Å². The Balaban J connectivity index is 0.000000148. The van der Waals surface area contributed by atoms with Crippen molar-refractivity contribution >= 4 is 5.71 Å². The van der Waals surface area contributed by atoms with Crippen LogP contribution in [0.15, 0.2) is 222 Å². The monoisotopic (exact) mass is 992 g/mol. The molecule has 0 bridgehead atoms. The van der Waals surface area contributed by atoms with Crippen LogP contribution in [0, 0.1) is 0 Å². The number of nitrogens with one attached hydrogen (secondary N) is 1. The van der Waals surface area contributed by atoms with Gasteiger partial charge in [0.15, 0.2) is 5.72 Å². The molecule has 6 aromatic carbocycles. The second kappa shape index (κ2) is 28.0. The van der Waals surface area contributed by atoms with E-state index in [2.05, 4.69) is 174 Å². The van der Waals surface area contributed by atoms with Crippen LogP contribution >= 0.6 is 0 Å². The quantitative estimate of drug-likeness (QED) is 0.0430. The van der Waals surface area contributed by atoms with Crippen molar-refractivity contribution in [3.8, 4) is 0 Å². The number of benzene rings is 6. The van der Waals surface area contributed by atoms with Crippen molar-refractivity contribution in [3.63, 3.8) is 0 Å². The lowest BCUT2D eigenvalue weighted by atomic mass is 9.86. The fraction of sp³-hybridized carbons (Fsp3) is 0.348. The molecule has 8 heteroatoms. The topological polar surface area (TPSA) is 121 Å². The maximum absolute atomic E-state index is 11.1. The fourth-order valence-electron chi connectivity index (χ4n) is 10.4. The summed E-state index contributed by atoms with van der Waals surface area (Å²) in [6.45, 7) is 2.18. The van der Waals surface area contributed by atoms with Crippen molar-refractivity contribution in [1.82, 2.24) is 10.4 Å². The Hall–Kier alpha value is -6.07. The van der Waals surface area contributed by atoms with Crippen LogP contribution in [0.2, 0.25) is 0 Å². The third-order valence-corrected chi connectivity index (χ3v) is 14.5. The first-order chi connectivity index (χ1) is 36.2. The molecular formula is C66H77N3O5. The van der Waals surface area contributed by atoms with Gasteiger partial charge < -0.3 is 20.4 Å². The number of piperidine rings is 2. The average molecular weight is 992 g/mol. The van der Waals surface area contributed by atoms with E-state index >= 15 is 0 Å². The van der Waals surface area contributed by atoms with Crippen molar-refractivity contribution in [2.45, 2.75) is 126 Å². The third kappa shape index (κ3) is 16.7. The highest BCUT2D eigenvalue weighted by atomic mass is 16.9. The number of hydroxylamine groups is 2. The lowest BCUT2D eigenvalue weighted by molar-refractivity contribution is -0.0365. The van der Waals surface area contributed by atoms with Gasteiger partial charge in [0.25, 0.3) is 0 Å². The molecule has 0 amide bonds. The molecule has 386 valence electrons. The number of aliphatic hydroxyl groups is 4. The van der Waals surface area contributed by atoms with Gasteiger partial charge in [-0.05, 0) is 127 Å². The zero-order valence-electron chi connectivity index (χ0n) is 43.1. The van der Waals surface area contributed by atoms with Crippen LogP contribution in [0.1, 0.15) is 91.2 Å². The number of hydrogen-bond acceptors (Lipinski definition) is 8. The SMILES string of the molecule is OC1CCN2OC2(C(=CCCc2ccccc2)Cc2ccccc2)C1.OC1CCN=C(C(=CCCc2ccccc2)Cc2ccccc2)C1.OC1CCNC(O)(C(=CCCc2ccccc2)Cc2ccccc2)C1. The minimum atomic E-state index is -1.12. The molecule has 0 aliphatic carbocycles. The van der Waals surface area contributed by atoms with E-state index < -0.39 is 11.8 Å². The van der Waals surface area contributed by atoms with Gasteiger partial charge in [-0.15, -0.1) is 5.06 Å². The molecule has 74 heavy (non-hydrogen) atoms. The Morgan fingerprint density at radius 1 is 0.514 bits per heavy atom. The summed E-state index contributed by atoms with van der Waals surface area (Å²) in [7, 11) is 0. The van der Waals surface area contributed by atoms with E-state index in [1.54, 1.807) is 0 Å². The molecule has 6 atom stereocenters. The summed E-state index contributed by atoms with van der Waals surface area (Å²) >= 11 is 0. The third-order valence-electron chi connectivity index (χ3n) is 14.5. The predicted molar refractivity (Wildman–Crippen MR) is 300 cm³/mol. The maximum Gasteiger partial charge on any atom is 0.189 e. The van der Waals surface area contributed by atoms with Gasteiger partial charge in [0.1, 0.15) is 5.72 Å². The Morgan fingerprint density at radius 3 is 1.43 bits per heavy atom. The van der Waals surface area contributed by atoms with Gasteiger partial charge in [0.05, 0.1) is 18.3 Å². The highest BCUT2D eigenvalue weighted by molar-refractivity contribution is 6.01. The number of hydrogen-bond donors (Lipinski definition) is 5. The Labute approximate surface area is 440 Å². The normalized spacial score (nSPS) is 23.7. The Bertz CT molecular complexity index is 2600. The fourth-order valence-corrected chi connectivity index (χ4v) is 10.4. The molecule has 6 unspecified atom stereocenters. The van der Waals surface area contributed by atoms with Crippen molar-refractivity contribution in [1.29, 1.82) is 0 Å². The Morgan fingerprint density at radius 2 is 0.946 bits per heavy atom. The highest BCUT2D eigenvalue weighted by Gasteiger charge is 2.60. The van der Waals surface area contributed by atoms with Gasteiger partial charge in [-0.1, -0.05) is 200 Å². The predicted octanol–water partition coefficient (Wildman–Crippen LogP) is 11.5. The Kier molecular flexibility index (Phi) is 20.5. The van der Waals surface area contributed by atoms with Crippen molar-refractivity contribution in [2.75, 3.05) is 19.6 Å². The molecule has 10 rings (SSSR count). The second-order valence-corrected chi connectivity index (χ2v) is 20.3. The highest BCUT2D eigenvalue weighted by Crippen LogP contribution is 2.49. The molecule has 0 aromatic heterocycles. The summed E-state index contributed by atoms with van der Waals surface area (Å²) in [5.74, 6) is 0. The van der Waals surface area contributed by atoms with Crippen molar-refractivity contribution in [2.24, 2.45) is 4.99 Å². The van der Waals surface area contributed by atoms with Crippen LogP contribution in [0.25, 0.3) is 0 Å². The van der Waals surface area contributed by atoms with E-state index in [0.717, 1.165) is 88.6 Å². The van der Waals surface area contributed by atoms with E-state index in [4.69, 9.17) is 9.83 Å². The smallest absolute Gasteiger partial charge is 0.189 e. The van der Waals surface area contributed by atoms with E-state index in [1.165, 1.54) is 44.5 Å². The van der Waals surface area contributed by atoms with Crippen LogP contribution in [0.4, 0.5) is 0 Å². The van der Waals surface area contributed by atoms with Crippen LogP contribution < -0.4 is 5.32 Å². The molecule has 3 saturated heterocycles. The molecule has 3 fully saturated rings. The number of nitrogens with zero attached hydrogens (tertiary/aromatic N) is 2. The summed E-state index contributed by atoms with van der Waals surface area (Å²) in [5, 5.41) is 46.6. The number of aliphatic imine (C=N–C) groups is 1. The second-order valence-electron chi connectivity index (χ2n) is 20.3. The molecule has 0 saturated carbocycles. The maximum atomic E-state index is 11.1. The number of fused-ring (bicyclic) bond motifs is 1. The van der Waals surface area contributed by atoms with Gasteiger partial charge in [-0.25, -0.2) is 0 Å². The van der Waals surface area contributed by atoms with Gasteiger partial charge in [0.2, 0.25) is 0 Å². The van der Waals surface area contributed by atoms with E-state index in [-0.39, 0.29) is 17.9 Å². The van der Waals surface area contributed by atoms with Crippen molar-refractivity contribution in [3.05, 3.63) is 250 Å². The van der Waals surface area contributed by atoms with Crippen molar-refractivity contribution < 1.29 is 25.3 Å². The summed E-state index contributed by atoms with van der Waals surface area (Å²) in [5.41, 5.74) is 10.9. The molecule has 6 aromatic rings. The first-order valence-corrected chi connectivity index (χ1v) is 27.1. The van der Waals surface area contributed by atoms with Gasteiger partial charge in [-0.3, -0.25) is 15.1 Å².